The van der Waals surface area contributed by atoms with Crippen LogP contribution in [0.25, 0.3) is 10.2 Å². The predicted molar refractivity (Wildman–Crippen MR) is 110 cm³/mol. The fourth-order valence-electron chi connectivity index (χ4n) is 4.41. The molecule has 5 heterocycles. The first kappa shape index (κ1) is 21.3. The Labute approximate surface area is 185 Å². The quantitative estimate of drug-likeness (QED) is 0.743. The number of halogens is 3. The monoisotopic (exact) mass is 470 g/mol. The number of thiophene rings is 1. The molecule has 2 amide bonds. The molecule has 8 nitrogen and oxygen atoms in total. The molecule has 2 aromatic rings. The molecule has 0 radical (unpaired) electrons. The van der Waals surface area contributed by atoms with Crippen molar-refractivity contribution in [3.05, 3.63) is 22.6 Å². The summed E-state index contributed by atoms with van der Waals surface area (Å²) in [7, 11) is 1.42. The standard InChI is InChI=1S/C20H21F3N4O4S/c1-18(9-30-10-18)31-17(29)27-7-19(8-27)5-26(6-19)13-3-12(20(21,22)23)15-14(25-13)11(4-32-15)16(28)24-2/h3-4H,5-10H2,1-2H3,(H,24,28). The highest BCUT2D eigenvalue weighted by atomic mass is 32.1. The average Bonchev–Trinajstić information content (AvgIpc) is 3.06. The van der Waals surface area contributed by atoms with Gasteiger partial charge < -0.3 is 24.6 Å². The summed E-state index contributed by atoms with van der Waals surface area (Å²) >= 11 is 0.858. The van der Waals surface area contributed by atoms with Crippen LogP contribution in [0.1, 0.15) is 22.8 Å². The van der Waals surface area contributed by atoms with Crippen molar-refractivity contribution >= 4 is 39.4 Å². The van der Waals surface area contributed by atoms with Crippen molar-refractivity contribution in [1.29, 1.82) is 0 Å². The second-order valence-electron chi connectivity index (χ2n) is 8.95. The molecule has 0 saturated carbocycles. The molecule has 0 atom stereocenters. The third-order valence-corrected chi connectivity index (χ3v) is 7.12. The molecule has 1 N–H and O–H groups in total. The van der Waals surface area contributed by atoms with Crippen molar-refractivity contribution in [3.8, 4) is 0 Å². The van der Waals surface area contributed by atoms with Crippen LogP contribution < -0.4 is 10.2 Å². The van der Waals surface area contributed by atoms with Crippen LogP contribution in [-0.2, 0) is 15.7 Å². The van der Waals surface area contributed by atoms with Crippen LogP contribution in [0.4, 0.5) is 23.8 Å². The summed E-state index contributed by atoms with van der Waals surface area (Å²) < 4.78 is 51.6. The number of carbonyl (C=O) groups excluding carboxylic acids is 2. The number of hydrogen-bond acceptors (Lipinski definition) is 7. The van der Waals surface area contributed by atoms with Crippen LogP contribution >= 0.6 is 11.3 Å². The first-order valence-corrected chi connectivity index (χ1v) is 10.9. The van der Waals surface area contributed by atoms with E-state index in [-0.39, 0.29) is 27.0 Å². The Bertz CT molecular complexity index is 1100. The maximum Gasteiger partial charge on any atom is 0.417 e. The third-order valence-electron chi connectivity index (χ3n) is 6.12. The van der Waals surface area contributed by atoms with Gasteiger partial charge in [-0.05, 0) is 13.0 Å². The van der Waals surface area contributed by atoms with Crippen molar-refractivity contribution in [2.75, 3.05) is 51.3 Å². The molecule has 3 saturated heterocycles. The Morgan fingerprint density at radius 2 is 1.94 bits per heavy atom. The zero-order valence-corrected chi connectivity index (χ0v) is 18.2. The fourth-order valence-corrected chi connectivity index (χ4v) is 5.43. The lowest BCUT2D eigenvalue weighted by molar-refractivity contribution is -0.178. The molecular formula is C20H21F3N4O4S. The van der Waals surface area contributed by atoms with Crippen molar-refractivity contribution in [2.24, 2.45) is 5.41 Å². The van der Waals surface area contributed by atoms with Gasteiger partial charge >= 0.3 is 12.3 Å². The number of alkyl halides is 3. The van der Waals surface area contributed by atoms with Crippen molar-refractivity contribution in [2.45, 2.75) is 18.7 Å². The number of ether oxygens (including phenoxy) is 2. The summed E-state index contributed by atoms with van der Waals surface area (Å²) in [4.78, 5) is 32.1. The van der Waals surface area contributed by atoms with E-state index in [4.69, 9.17) is 9.47 Å². The maximum atomic E-state index is 13.7. The third kappa shape index (κ3) is 3.36. The number of fused-ring (bicyclic) bond motifs is 1. The van der Waals surface area contributed by atoms with Gasteiger partial charge in [0.2, 0.25) is 0 Å². The lowest BCUT2D eigenvalue weighted by Crippen LogP contribution is -2.73. The molecule has 3 aliphatic rings. The molecule has 12 heteroatoms. The fraction of sp³-hybridized carbons (Fsp3) is 0.550. The molecular weight excluding hydrogens is 449 g/mol. The van der Waals surface area contributed by atoms with E-state index in [1.807, 2.05) is 6.92 Å². The molecule has 0 bridgehead atoms. The van der Waals surface area contributed by atoms with Crippen LogP contribution in [0, 0.1) is 5.41 Å². The Hall–Kier alpha value is -2.60. The zero-order valence-electron chi connectivity index (χ0n) is 17.4. The largest absolute Gasteiger partial charge is 0.438 e. The molecule has 5 rings (SSSR count). The zero-order chi connectivity index (χ0) is 22.9. The van der Waals surface area contributed by atoms with Gasteiger partial charge in [0.25, 0.3) is 5.91 Å². The van der Waals surface area contributed by atoms with Gasteiger partial charge in [0.1, 0.15) is 5.82 Å². The first-order valence-electron chi connectivity index (χ1n) is 10.0. The van der Waals surface area contributed by atoms with Crippen molar-refractivity contribution < 1.29 is 32.2 Å². The van der Waals surface area contributed by atoms with E-state index in [1.54, 1.807) is 9.80 Å². The highest BCUT2D eigenvalue weighted by Gasteiger charge is 2.55. The van der Waals surface area contributed by atoms with E-state index >= 15 is 0 Å². The minimum absolute atomic E-state index is 0.0508. The summed E-state index contributed by atoms with van der Waals surface area (Å²) in [6.07, 6.45) is -4.96. The van der Waals surface area contributed by atoms with E-state index in [0.717, 1.165) is 17.4 Å². The van der Waals surface area contributed by atoms with Crippen LogP contribution in [0.3, 0.4) is 0 Å². The highest BCUT2D eigenvalue weighted by molar-refractivity contribution is 7.17. The minimum Gasteiger partial charge on any atom is -0.438 e. The number of hydrogen-bond donors (Lipinski definition) is 1. The number of nitrogens with one attached hydrogen (secondary N) is 1. The normalized spacial score (nSPS) is 21.0. The van der Waals surface area contributed by atoms with Gasteiger partial charge in [-0.15, -0.1) is 11.3 Å². The molecule has 0 aliphatic carbocycles. The first-order chi connectivity index (χ1) is 15.0. The van der Waals surface area contributed by atoms with Crippen LogP contribution in [0.2, 0.25) is 0 Å². The lowest BCUT2D eigenvalue weighted by Gasteiger charge is -2.60. The van der Waals surface area contributed by atoms with Gasteiger partial charge in [-0.3, -0.25) is 4.79 Å². The van der Waals surface area contributed by atoms with Gasteiger partial charge in [0.15, 0.2) is 5.60 Å². The summed E-state index contributed by atoms with van der Waals surface area (Å²) in [5.41, 5.74) is -1.38. The van der Waals surface area contributed by atoms with Crippen LogP contribution in [0.5, 0.6) is 0 Å². The summed E-state index contributed by atoms with van der Waals surface area (Å²) in [6, 6.07) is 1.04. The smallest absolute Gasteiger partial charge is 0.417 e. The second-order valence-corrected chi connectivity index (χ2v) is 9.83. The number of amides is 2. The molecule has 3 fully saturated rings. The van der Waals surface area contributed by atoms with E-state index in [2.05, 4.69) is 10.3 Å². The Morgan fingerprint density at radius 3 is 2.50 bits per heavy atom. The van der Waals surface area contributed by atoms with Crippen LogP contribution in [0.15, 0.2) is 11.4 Å². The minimum atomic E-state index is -4.57. The average molecular weight is 470 g/mol. The number of pyridine rings is 1. The number of likely N-dealkylation sites (tertiary alicyclic amines) is 1. The number of carbonyl (C=O) groups is 2. The Balaban J connectivity index is 1.32. The topological polar surface area (TPSA) is 84.0 Å². The molecule has 1 spiro atoms. The molecule has 32 heavy (non-hydrogen) atoms. The second kappa shape index (κ2) is 6.95. The SMILES string of the molecule is CNC(=O)c1csc2c(C(F)(F)F)cc(N3CC4(CN(C(=O)OC5(C)COC5)C4)C3)nc12. The number of rotatable bonds is 3. The summed E-state index contributed by atoms with van der Waals surface area (Å²) in [6.45, 7) is 4.49. The molecule has 2 aromatic heterocycles. The van der Waals surface area contributed by atoms with Crippen molar-refractivity contribution in [1.82, 2.24) is 15.2 Å². The Kier molecular flexibility index (Phi) is 4.61. The van der Waals surface area contributed by atoms with Gasteiger partial charge in [0, 0.05) is 44.0 Å². The van der Waals surface area contributed by atoms with E-state index in [0.29, 0.717) is 39.4 Å². The highest BCUT2D eigenvalue weighted by Crippen LogP contribution is 2.45. The molecule has 3 aliphatic heterocycles. The Morgan fingerprint density at radius 1 is 1.25 bits per heavy atom. The summed E-state index contributed by atoms with van der Waals surface area (Å²) in [5.74, 6) is -0.299. The van der Waals surface area contributed by atoms with Gasteiger partial charge in [-0.1, -0.05) is 0 Å². The van der Waals surface area contributed by atoms with Gasteiger partial charge in [-0.2, -0.15) is 13.2 Å². The lowest BCUT2D eigenvalue weighted by atomic mass is 9.73. The molecule has 0 unspecified atom stereocenters. The number of nitrogens with zero attached hydrogens (tertiary/aromatic N) is 3. The molecule has 0 aromatic carbocycles. The number of aromatic nitrogens is 1. The van der Waals surface area contributed by atoms with Gasteiger partial charge in [0.05, 0.1) is 34.6 Å². The van der Waals surface area contributed by atoms with E-state index < -0.39 is 29.3 Å². The van der Waals surface area contributed by atoms with E-state index in [1.165, 1.54) is 12.4 Å². The molecule has 172 valence electrons. The maximum absolute atomic E-state index is 13.7. The van der Waals surface area contributed by atoms with Crippen molar-refractivity contribution in [3.63, 3.8) is 0 Å². The predicted octanol–water partition coefficient (Wildman–Crippen LogP) is 2.72. The summed E-state index contributed by atoms with van der Waals surface area (Å²) in [5, 5.41) is 3.84. The van der Waals surface area contributed by atoms with Crippen LogP contribution in [-0.4, -0.2) is 73.9 Å². The van der Waals surface area contributed by atoms with Gasteiger partial charge in [-0.25, -0.2) is 9.78 Å². The van der Waals surface area contributed by atoms with E-state index in [9.17, 15) is 22.8 Å². The number of anilines is 1.